The molecule has 4 aromatic rings. The molecule has 1 heterocycles. The second-order valence-electron chi connectivity index (χ2n) is 7.86. The molecule has 0 spiro atoms. The van der Waals surface area contributed by atoms with Crippen LogP contribution in [0.3, 0.4) is 0 Å². The van der Waals surface area contributed by atoms with Gasteiger partial charge < -0.3 is 20.6 Å². The average molecular weight is 435 g/mol. The summed E-state index contributed by atoms with van der Waals surface area (Å²) in [6, 6.07) is 12.2. The summed E-state index contributed by atoms with van der Waals surface area (Å²) in [5, 5.41) is 12.1. The number of aromatic hydroxyl groups is 1. The zero-order valence-electron chi connectivity index (χ0n) is 16.4. The van der Waals surface area contributed by atoms with Gasteiger partial charge in [0.1, 0.15) is 11.5 Å². The van der Waals surface area contributed by atoms with Gasteiger partial charge in [-0.05, 0) is 65.4 Å². The van der Waals surface area contributed by atoms with Crippen molar-refractivity contribution < 1.29 is 19.4 Å². The molecule has 0 saturated heterocycles. The van der Waals surface area contributed by atoms with Crippen molar-refractivity contribution in [3.05, 3.63) is 70.4 Å². The first kappa shape index (κ1) is 19.5. The van der Waals surface area contributed by atoms with Crippen LogP contribution in [0.1, 0.15) is 45.0 Å². The van der Waals surface area contributed by atoms with Crippen molar-refractivity contribution in [3.8, 4) is 11.5 Å². The number of ketones is 1. The third-order valence-electron chi connectivity index (χ3n) is 5.68. The van der Waals surface area contributed by atoms with Crippen LogP contribution in [-0.4, -0.2) is 28.4 Å². The molecule has 4 N–H and O–H groups in total. The molecule has 1 saturated carbocycles. The van der Waals surface area contributed by atoms with E-state index in [9.17, 15) is 14.7 Å². The van der Waals surface area contributed by atoms with E-state index in [0.29, 0.717) is 22.3 Å². The number of carbonyl (C=O) groups is 2. The maximum absolute atomic E-state index is 12.8. The fraction of sp³-hybridized carbons (Fsp3) is 0.167. The Balaban J connectivity index is 1.43. The van der Waals surface area contributed by atoms with Crippen molar-refractivity contribution >= 4 is 45.0 Å². The predicted octanol–water partition coefficient (Wildman–Crippen LogP) is 4.92. The molecule has 31 heavy (non-hydrogen) atoms. The third kappa shape index (κ3) is 3.59. The zero-order chi connectivity index (χ0) is 21.7. The number of rotatable bonds is 6. The van der Waals surface area contributed by atoms with Crippen molar-refractivity contribution in [2.75, 3.05) is 6.61 Å². The molecule has 1 aromatic heterocycles. The minimum Gasteiger partial charge on any atom is -0.506 e. The fourth-order valence-electron chi connectivity index (χ4n) is 3.87. The molecule has 156 valence electrons. The third-order valence-corrected chi connectivity index (χ3v) is 5.99. The highest BCUT2D eigenvalue weighted by Gasteiger charge is 2.24. The van der Waals surface area contributed by atoms with E-state index in [1.807, 2.05) is 6.07 Å². The van der Waals surface area contributed by atoms with Gasteiger partial charge in [-0.1, -0.05) is 23.7 Å². The van der Waals surface area contributed by atoms with Crippen LogP contribution in [0.15, 0.2) is 48.7 Å². The summed E-state index contributed by atoms with van der Waals surface area (Å²) in [6.07, 6.45) is 4.11. The number of nitrogens with two attached hydrogens (primary N) is 1. The summed E-state index contributed by atoms with van der Waals surface area (Å²) in [4.78, 5) is 27.9. The van der Waals surface area contributed by atoms with Crippen LogP contribution < -0.4 is 10.5 Å². The van der Waals surface area contributed by atoms with Gasteiger partial charge >= 0.3 is 0 Å². The summed E-state index contributed by atoms with van der Waals surface area (Å²) >= 11 is 5.95. The van der Waals surface area contributed by atoms with E-state index in [-0.39, 0.29) is 34.5 Å². The molecule has 1 fully saturated rings. The Kier molecular flexibility index (Phi) is 4.59. The number of fused-ring (bicyclic) bond motifs is 2. The number of hydrogen-bond donors (Lipinski definition) is 3. The number of aromatic nitrogens is 1. The van der Waals surface area contributed by atoms with Crippen LogP contribution in [0.2, 0.25) is 5.02 Å². The van der Waals surface area contributed by atoms with Gasteiger partial charge in [-0.3, -0.25) is 9.59 Å². The predicted molar refractivity (Wildman–Crippen MR) is 119 cm³/mol. The fourth-order valence-corrected chi connectivity index (χ4v) is 4.04. The summed E-state index contributed by atoms with van der Waals surface area (Å²) < 4.78 is 5.70. The van der Waals surface area contributed by atoms with Crippen LogP contribution in [0.4, 0.5) is 0 Å². The first-order valence-corrected chi connectivity index (χ1v) is 10.3. The van der Waals surface area contributed by atoms with E-state index < -0.39 is 5.91 Å². The molecular weight excluding hydrogens is 416 g/mol. The average Bonchev–Trinajstić information content (AvgIpc) is 3.51. The van der Waals surface area contributed by atoms with E-state index >= 15 is 0 Å². The van der Waals surface area contributed by atoms with Gasteiger partial charge in [-0.2, -0.15) is 0 Å². The number of amides is 1. The number of phenolic OH excluding ortho intramolecular Hbond substituents is 1. The molecule has 1 amide bonds. The number of benzene rings is 3. The van der Waals surface area contributed by atoms with Crippen LogP contribution >= 0.6 is 11.6 Å². The van der Waals surface area contributed by atoms with E-state index in [1.165, 1.54) is 36.6 Å². The van der Waals surface area contributed by atoms with Gasteiger partial charge in [0.15, 0.2) is 6.61 Å². The lowest BCUT2D eigenvalue weighted by molar-refractivity contribution is 0.0914. The largest absolute Gasteiger partial charge is 0.506 e. The summed E-state index contributed by atoms with van der Waals surface area (Å²) in [7, 11) is 0. The Morgan fingerprint density at radius 1 is 1.10 bits per heavy atom. The highest BCUT2D eigenvalue weighted by atomic mass is 35.5. The minimum atomic E-state index is -0.687. The molecule has 0 aliphatic heterocycles. The topological polar surface area (TPSA) is 105 Å². The smallest absolute Gasteiger partial charge is 0.252 e. The quantitative estimate of drug-likeness (QED) is 0.374. The number of hydrogen-bond acceptors (Lipinski definition) is 4. The van der Waals surface area contributed by atoms with Crippen molar-refractivity contribution in [3.63, 3.8) is 0 Å². The molecule has 7 heteroatoms. The van der Waals surface area contributed by atoms with E-state index in [1.54, 1.807) is 12.3 Å². The molecule has 6 nitrogen and oxygen atoms in total. The lowest BCUT2D eigenvalue weighted by Gasteiger charge is -2.11. The molecule has 0 bridgehead atoms. The van der Waals surface area contributed by atoms with Gasteiger partial charge in [0, 0.05) is 22.7 Å². The van der Waals surface area contributed by atoms with Crippen molar-refractivity contribution in [2.45, 2.75) is 18.8 Å². The Bertz CT molecular complexity index is 1370. The van der Waals surface area contributed by atoms with Crippen LogP contribution in [0.5, 0.6) is 11.5 Å². The van der Waals surface area contributed by atoms with Crippen molar-refractivity contribution in [1.29, 1.82) is 0 Å². The Hall–Kier alpha value is -3.51. The second-order valence-corrected chi connectivity index (χ2v) is 8.26. The summed E-state index contributed by atoms with van der Waals surface area (Å²) in [5.41, 5.74) is 8.37. The Morgan fingerprint density at radius 3 is 2.61 bits per heavy atom. The number of nitrogens with one attached hydrogen (secondary N) is 1. The standard InChI is InChI=1S/C24H19ClN2O4/c25-19-6-14-5-17(24(26)30)23(9-15(14)8-21(19)28)31-11-22(29)18-10-27-20-7-13(12-1-2-12)3-4-16(18)20/h3-10,12,27-28H,1-2,11H2,(H2,26,30). The number of phenols is 1. The second kappa shape index (κ2) is 7.32. The number of halogens is 1. The molecule has 0 radical (unpaired) electrons. The number of Topliss-reactive ketones (excluding diaryl/α,β-unsaturated/α-hetero) is 1. The monoisotopic (exact) mass is 434 g/mol. The molecule has 0 unspecified atom stereocenters. The normalized spacial score (nSPS) is 13.6. The Morgan fingerprint density at radius 2 is 1.87 bits per heavy atom. The maximum atomic E-state index is 12.8. The number of primary amides is 1. The van der Waals surface area contributed by atoms with E-state index in [4.69, 9.17) is 22.1 Å². The lowest BCUT2D eigenvalue weighted by Crippen LogP contribution is -2.16. The van der Waals surface area contributed by atoms with Gasteiger partial charge in [-0.25, -0.2) is 0 Å². The minimum absolute atomic E-state index is 0.0904. The first-order chi connectivity index (χ1) is 14.9. The summed E-state index contributed by atoms with van der Waals surface area (Å²) in [6.45, 7) is -0.261. The van der Waals surface area contributed by atoms with Gasteiger partial charge in [0.2, 0.25) is 5.78 Å². The maximum Gasteiger partial charge on any atom is 0.252 e. The van der Waals surface area contributed by atoms with Crippen LogP contribution in [0, 0.1) is 0 Å². The molecule has 5 rings (SSSR count). The van der Waals surface area contributed by atoms with Crippen molar-refractivity contribution in [2.24, 2.45) is 5.73 Å². The lowest BCUT2D eigenvalue weighted by atomic mass is 10.0. The molecule has 0 atom stereocenters. The number of ether oxygens (including phenoxy) is 1. The molecule has 3 aromatic carbocycles. The first-order valence-electron chi connectivity index (χ1n) is 9.94. The highest BCUT2D eigenvalue weighted by Crippen LogP contribution is 2.41. The zero-order valence-corrected chi connectivity index (χ0v) is 17.2. The SMILES string of the molecule is NC(=O)c1cc2cc(Cl)c(O)cc2cc1OCC(=O)c1c[nH]c2cc(C3CC3)ccc12. The molecule has 1 aliphatic rings. The van der Waals surface area contributed by atoms with Crippen LogP contribution in [0.25, 0.3) is 21.7 Å². The van der Waals surface area contributed by atoms with Crippen LogP contribution in [-0.2, 0) is 0 Å². The number of carbonyl (C=O) groups excluding carboxylic acids is 2. The number of aromatic amines is 1. The van der Waals surface area contributed by atoms with Gasteiger partial charge in [-0.15, -0.1) is 0 Å². The van der Waals surface area contributed by atoms with Gasteiger partial charge in [0.25, 0.3) is 5.91 Å². The number of H-pyrrole nitrogens is 1. The van der Waals surface area contributed by atoms with Crippen molar-refractivity contribution in [1.82, 2.24) is 4.98 Å². The van der Waals surface area contributed by atoms with Gasteiger partial charge in [0.05, 0.1) is 10.6 Å². The Labute approximate surface area is 182 Å². The molecule has 1 aliphatic carbocycles. The van der Waals surface area contributed by atoms with E-state index in [2.05, 4.69) is 17.1 Å². The molecular formula is C24H19ClN2O4. The van der Waals surface area contributed by atoms with E-state index in [0.717, 1.165) is 10.9 Å². The summed E-state index contributed by atoms with van der Waals surface area (Å²) in [5.74, 6) is -0.198. The highest BCUT2D eigenvalue weighted by molar-refractivity contribution is 6.32.